The molecule has 0 radical (unpaired) electrons. The Morgan fingerprint density at radius 2 is 1.66 bits per heavy atom. The van der Waals surface area contributed by atoms with Crippen molar-refractivity contribution in [2.24, 2.45) is 5.41 Å². The molecule has 2 aliphatic heterocycles. The summed E-state index contributed by atoms with van der Waals surface area (Å²) < 4.78 is 0. The zero-order chi connectivity index (χ0) is 19.7. The van der Waals surface area contributed by atoms with Gasteiger partial charge in [0, 0.05) is 49.7 Å². The van der Waals surface area contributed by atoms with E-state index in [1.54, 1.807) is 18.6 Å². The van der Waals surface area contributed by atoms with Gasteiger partial charge >= 0.3 is 0 Å². The Hall–Kier alpha value is -3.21. The van der Waals surface area contributed by atoms with Crippen LogP contribution in [0.15, 0.2) is 73.2 Å². The molecule has 2 aromatic carbocycles. The maximum Gasteiger partial charge on any atom is 0.274 e. The van der Waals surface area contributed by atoms with Gasteiger partial charge in [-0.15, -0.1) is 0 Å². The van der Waals surface area contributed by atoms with Gasteiger partial charge in [0.2, 0.25) is 0 Å². The van der Waals surface area contributed by atoms with E-state index in [-0.39, 0.29) is 5.91 Å². The van der Waals surface area contributed by atoms with Crippen molar-refractivity contribution in [2.75, 3.05) is 31.1 Å². The van der Waals surface area contributed by atoms with Crippen LogP contribution in [-0.2, 0) is 0 Å². The minimum absolute atomic E-state index is 0.000285. The van der Waals surface area contributed by atoms with E-state index in [0.29, 0.717) is 11.1 Å². The molecule has 5 heteroatoms. The highest BCUT2D eigenvalue weighted by atomic mass is 16.2. The number of nitrogens with zero attached hydrogens (tertiary/aromatic N) is 4. The second kappa shape index (κ2) is 7.32. The summed E-state index contributed by atoms with van der Waals surface area (Å²) in [7, 11) is 0. The van der Waals surface area contributed by atoms with Gasteiger partial charge in [-0.3, -0.25) is 9.78 Å². The predicted molar refractivity (Wildman–Crippen MR) is 114 cm³/mol. The van der Waals surface area contributed by atoms with Crippen LogP contribution >= 0.6 is 0 Å². The van der Waals surface area contributed by atoms with Crippen LogP contribution in [-0.4, -0.2) is 47.0 Å². The average Bonchev–Trinajstić information content (AvgIpc) is 2.78. The summed E-state index contributed by atoms with van der Waals surface area (Å²) in [5.74, 6) is -0.000285. The van der Waals surface area contributed by atoms with Crippen molar-refractivity contribution in [1.29, 1.82) is 0 Å². The lowest BCUT2D eigenvalue weighted by Gasteiger charge is -2.55. The molecule has 3 heterocycles. The number of carbonyl (C=O) groups is 1. The van der Waals surface area contributed by atoms with Crippen LogP contribution in [0.4, 0.5) is 5.69 Å². The lowest BCUT2D eigenvalue weighted by molar-refractivity contribution is 0.0497. The Bertz CT molecular complexity index is 990. The van der Waals surface area contributed by atoms with Gasteiger partial charge in [0.05, 0.1) is 6.20 Å². The van der Waals surface area contributed by atoms with Gasteiger partial charge in [0.25, 0.3) is 5.91 Å². The summed E-state index contributed by atoms with van der Waals surface area (Å²) in [6, 6.07) is 19.3. The lowest BCUT2D eigenvalue weighted by Crippen LogP contribution is -2.61. The molecule has 0 N–H and O–H groups in total. The van der Waals surface area contributed by atoms with Crippen molar-refractivity contribution in [3.63, 3.8) is 0 Å². The van der Waals surface area contributed by atoms with Gasteiger partial charge in [-0.1, -0.05) is 42.5 Å². The smallest absolute Gasteiger partial charge is 0.274 e. The third-order valence-corrected chi connectivity index (χ3v) is 6.26. The largest absolute Gasteiger partial charge is 0.370 e. The number of amides is 1. The second-order valence-corrected chi connectivity index (χ2v) is 8.16. The van der Waals surface area contributed by atoms with Crippen molar-refractivity contribution in [2.45, 2.75) is 12.8 Å². The fraction of sp³-hybridized carbons (Fsp3) is 0.292. The van der Waals surface area contributed by atoms with Crippen molar-refractivity contribution in [3.8, 4) is 11.1 Å². The van der Waals surface area contributed by atoms with E-state index in [0.717, 1.165) is 39.0 Å². The Labute approximate surface area is 171 Å². The molecule has 2 saturated heterocycles. The first-order valence-electron chi connectivity index (χ1n) is 10.2. The van der Waals surface area contributed by atoms with Gasteiger partial charge in [-0.25, -0.2) is 4.98 Å². The number of anilines is 1. The van der Waals surface area contributed by atoms with Crippen LogP contribution in [0.3, 0.4) is 0 Å². The van der Waals surface area contributed by atoms with E-state index < -0.39 is 0 Å². The highest BCUT2D eigenvalue weighted by Crippen LogP contribution is 2.43. The molecule has 1 aromatic heterocycles. The number of carbonyl (C=O) groups excluding carboxylic acids is 1. The number of piperidine rings is 1. The summed E-state index contributed by atoms with van der Waals surface area (Å²) in [4.78, 5) is 25.1. The predicted octanol–water partition coefficient (Wildman–Crippen LogP) is 3.89. The van der Waals surface area contributed by atoms with E-state index in [4.69, 9.17) is 0 Å². The highest BCUT2D eigenvalue weighted by Gasteiger charge is 2.45. The minimum Gasteiger partial charge on any atom is -0.370 e. The van der Waals surface area contributed by atoms with Crippen molar-refractivity contribution < 1.29 is 4.79 Å². The van der Waals surface area contributed by atoms with E-state index in [9.17, 15) is 4.79 Å². The van der Waals surface area contributed by atoms with E-state index in [1.165, 1.54) is 16.8 Å². The van der Waals surface area contributed by atoms with Crippen LogP contribution in [0, 0.1) is 5.41 Å². The monoisotopic (exact) mass is 384 g/mol. The van der Waals surface area contributed by atoms with Gasteiger partial charge in [0.15, 0.2) is 0 Å². The fourth-order valence-corrected chi connectivity index (χ4v) is 4.53. The molecule has 0 atom stereocenters. The first-order valence-corrected chi connectivity index (χ1v) is 10.2. The van der Waals surface area contributed by atoms with Gasteiger partial charge in [0.1, 0.15) is 5.69 Å². The van der Waals surface area contributed by atoms with Crippen molar-refractivity contribution in [3.05, 3.63) is 78.9 Å². The molecule has 1 amide bonds. The Morgan fingerprint density at radius 3 is 2.38 bits per heavy atom. The molecule has 3 aromatic rings. The number of hydrogen-bond donors (Lipinski definition) is 0. The first kappa shape index (κ1) is 17.9. The molecule has 146 valence electrons. The normalized spacial score (nSPS) is 17.8. The zero-order valence-corrected chi connectivity index (χ0v) is 16.4. The Kier molecular flexibility index (Phi) is 4.51. The van der Waals surface area contributed by atoms with Crippen molar-refractivity contribution >= 4 is 11.6 Å². The molecule has 0 saturated carbocycles. The van der Waals surface area contributed by atoms with E-state index >= 15 is 0 Å². The number of benzene rings is 2. The molecule has 2 aliphatic rings. The van der Waals surface area contributed by atoms with Crippen LogP contribution in [0.2, 0.25) is 0 Å². The maximum atomic E-state index is 12.6. The molecule has 1 spiro atoms. The third kappa shape index (κ3) is 3.48. The minimum atomic E-state index is -0.000285. The molecule has 0 unspecified atom stereocenters. The average molecular weight is 384 g/mol. The molecule has 5 nitrogen and oxygen atoms in total. The van der Waals surface area contributed by atoms with Crippen molar-refractivity contribution in [1.82, 2.24) is 14.9 Å². The van der Waals surface area contributed by atoms with E-state index in [1.807, 2.05) is 11.0 Å². The molecule has 2 fully saturated rings. The lowest BCUT2D eigenvalue weighted by atomic mass is 9.71. The quantitative estimate of drug-likeness (QED) is 0.688. The standard InChI is InChI=1S/C24H24N4O/c29-23(22-16-25-11-12-26-22)27-13-9-24(10-14-27)17-28(18-24)21-8-4-7-20(15-21)19-5-2-1-3-6-19/h1-8,11-12,15-16H,9-10,13-14,17-18H2. The SMILES string of the molecule is O=C(c1cnccn1)N1CCC2(CC1)CN(c1cccc(-c3ccccc3)c1)C2. The molecular weight excluding hydrogens is 360 g/mol. The zero-order valence-electron chi connectivity index (χ0n) is 16.4. The highest BCUT2D eigenvalue weighted by molar-refractivity contribution is 5.92. The van der Waals surface area contributed by atoms with Crippen LogP contribution in [0.1, 0.15) is 23.3 Å². The molecule has 0 aliphatic carbocycles. The Morgan fingerprint density at radius 1 is 0.897 bits per heavy atom. The summed E-state index contributed by atoms with van der Waals surface area (Å²) in [5, 5.41) is 0. The topological polar surface area (TPSA) is 49.3 Å². The molecular formula is C24H24N4O. The second-order valence-electron chi connectivity index (χ2n) is 8.16. The summed E-state index contributed by atoms with van der Waals surface area (Å²) in [6.45, 7) is 3.73. The maximum absolute atomic E-state index is 12.6. The van der Waals surface area contributed by atoms with Crippen LogP contribution in [0.5, 0.6) is 0 Å². The van der Waals surface area contributed by atoms with Crippen LogP contribution < -0.4 is 4.90 Å². The summed E-state index contributed by atoms with van der Waals surface area (Å²) in [5.41, 5.74) is 4.57. The van der Waals surface area contributed by atoms with E-state index in [2.05, 4.69) is 63.4 Å². The Balaban J connectivity index is 1.21. The number of hydrogen-bond acceptors (Lipinski definition) is 4. The summed E-state index contributed by atoms with van der Waals surface area (Å²) >= 11 is 0. The molecule has 5 rings (SSSR count). The van der Waals surface area contributed by atoms with Gasteiger partial charge < -0.3 is 9.80 Å². The fourth-order valence-electron chi connectivity index (χ4n) is 4.53. The van der Waals surface area contributed by atoms with Gasteiger partial charge in [-0.05, 0) is 36.1 Å². The number of rotatable bonds is 3. The summed E-state index contributed by atoms with van der Waals surface area (Å²) in [6.07, 6.45) is 6.82. The molecule has 29 heavy (non-hydrogen) atoms. The van der Waals surface area contributed by atoms with Gasteiger partial charge in [-0.2, -0.15) is 0 Å². The third-order valence-electron chi connectivity index (χ3n) is 6.26. The molecule has 0 bridgehead atoms. The number of likely N-dealkylation sites (tertiary alicyclic amines) is 1. The first-order chi connectivity index (χ1) is 14.2. The number of aromatic nitrogens is 2. The van der Waals surface area contributed by atoms with Crippen LogP contribution in [0.25, 0.3) is 11.1 Å².